The van der Waals surface area contributed by atoms with Gasteiger partial charge in [-0.2, -0.15) is 0 Å². The zero-order valence-corrected chi connectivity index (χ0v) is 19.2. The third-order valence-corrected chi connectivity index (χ3v) is 8.62. The van der Waals surface area contributed by atoms with Crippen molar-refractivity contribution in [3.8, 4) is 11.5 Å². The Bertz CT molecular complexity index is 1270. The summed E-state index contributed by atoms with van der Waals surface area (Å²) < 4.78 is 19.1. The van der Waals surface area contributed by atoms with Gasteiger partial charge in [-0.25, -0.2) is 14.4 Å². The molecular formula is C22H20ClFN6OS. The molecule has 0 bridgehead atoms. The molecule has 4 heterocycles. The lowest BCUT2D eigenvalue weighted by atomic mass is 9.76. The first-order valence-electron chi connectivity index (χ1n) is 10.0. The largest absolute Gasteiger partial charge is 0.423 e. The van der Waals surface area contributed by atoms with Gasteiger partial charge in [-0.05, 0) is 44.5 Å². The highest BCUT2D eigenvalue weighted by Gasteiger charge is 2.55. The zero-order chi connectivity index (χ0) is 22.7. The summed E-state index contributed by atoms with van der Waals surface area (Å²) in [6, 6.07) is 4.65. The summed E-state index contributed by atoms with van der Waals surface area (Å²) in [4.78, 5) is 9.66. The van der Waals surface area contributed by atoms with Crippen LogP contribution in [0.5, 0.6) is 0 Å². The molecule has 1 aromatic carbocycles. The van der Waals surface area contributed by atoms with Crippen molar-refractivity contribution in [1.82, 2.24) is 25.5 Å². The molecule has 0 saturated carbocycles. The highest BCUT2D eigenvalue weighted by atomic mass is 35.5. The van der Waals surface area contributed by atoms with Crippen molar-refractivity contribution in [2.45, 2.75) is 42.9 Å². The van der Waals surface area contributed by atoms with Crippen molar-refractivity contribution < 1.29 is 8.81 Å². The van der Waals surface area contributed by atoms with Crippen LogP contribution in [-0.2, 0) is 6.42 Å². The maximum atomic E-state index is 14.4. The molecule has 2 aromatic heterocycles. The van der Waals surface area contributed by atoms with Crippen molar-refractivity contribution in [2.75, 3.05) is 0 Å². The first kappa shape index (κ1) is 21.1. The molecule has 2 aliphatic rings. The normalized spacial score (nSPS) is 27.1. The van der Waals surface area contributed by atoms with Crippen molar-refractivity contribution in [3.63, 3.8) is 0 Å². The molecule has 3 atom stereocenters. The predicted octanol–water partition coefficient (Wildman–Crippen LogP) is 4.36. The molecular weight excluding hydrogens is 451 g/mol. The highest BCUT2D eigenvalue weighted by molar-refractivity contribution is 8.10. The number of hydrogen-bond donors (Lipinski definition) is 2. The number of thioether (sulfide) groups is 1. The molecule has 5 rings (SSSR count). The van der Waals surface area contributed by atoms with E-state index in [1.165, 1.54) is 18.5 Å². The van der Waals surface area contributed by atoms with Crippen molar-refractivity contribution in [3.05, 3.63) is 65.3 Å². The maximum Gasteiger partial charge on any atom is 0.247 e. The number of aromatic nitrogens is 4. The number of amidine groups is 1. The Kier molecular flexibility index (Phi) is 4.86. The van der Waals surface area contributed by atoms with E-state index in [2.05, 4.69) is 39.3 Å². The molecule has 2 aliphatic heterocycles. The van der Waals surface area contributed by atoms with Gasteiger partial charge >= 0.3 is 0 Å². The minimum atomic E-state index is -0.574. The van der Waals surface area contributed by atoms with E-state index < -0.39 is 16.1 Å². The average molecular weight is 471 g/mol. The summed E-state index contributed by atoms with van der Waals surface area (Å²) in [5.74, 6) is 0.791. The molecule has 3 aromatic rings. The number of nitrogens with one attached hydrogen (secondary N) is 2. The Balaban J connectivity index is 1.49. The number of aryl methyl sites for hydroxylation is 1. The summed E-state index contributed by atoms with van der Waals surface area (Å²) in [5, 5.41) is 19.1. The van der Waals surface area contributed by atoms with Crippen molar-refractivity contribution in [2.24, 2.45) is 0 Å². The summed E-state index contributed by atoms with van der Waals surface area (Å²) in [6.07, 6.45) is 5.42. The number of allylic oxidation sites excluding steroid dienone is 1. The maximum absolute atomic E-state index is 14.4. The average Bonchev–Trinajstić information content (AvgIpc) is 3.36. The molecule has 164 valence electrons. The Labute approximate surface area is 193 Å². The highest BCUT2D eigenvalue weighted by Crippen LogP contribution is 2.55. The lowest BCUT2D eigenvalue weighted by Gasteiger charge is -2.49. The molecule has 0 amide bonds. The third-order valence-electron chi connectivity index (χ3n) is 6.21. The van der Waals surface area contributed by atoms with E-state index in [-0.39, 0.29) is 17.1 Å². The van der Waals surface area contributed by atoms with E-state index in [0.717, 1.165) is 10.6 Å². The van der Waals surface area contributed by atoms with Crippen LogP contribution in [0.3, 0.4) is 0 Å². The summed E-state index contributed by atoms with van der Waals surface area (Å²) >= 11 is 8.47. The Hall–Kier alpha value is -2.78. The fourth-order valence-electron chi connectivity index (χ4n) is 4.22. The van der Waals surface area contributed by atoms with Crippen LogP contribution in [0.1, 0.15) is 36.5 Å². The number of rotatable bonds is 3. The molecule has 0 radical (unpaired) electrons. The second-order valence-electron chi connectivity index (χ2n) is 8.40. The van der Waals surface area contributed by atoms with Gasteiger partial charge in [-0.1, -0.05) is 6.08 Å². The molecule has 10 heteroatoms. The van der Waals surface area contributed by atoms with E-state index in [9.17, 15) is 4.39 Å². The minimum absolute atomic E-state index is 0.251. The molecule has 0 spiro atoms. The van der Waals surface area contributed by atoms with Crippen LogP contribution < -0.4 is 5.32 Å². The molecule has 32 heavy (non-hydrogen) atoms. The Morgan fingerprint density at radius 2 is 2.06 bits per heavy atom. The van der Waals surface area contributed by atoms with Crippen LogP contribution in [0.25, 0.3) is 16.4 Å². The minimum Gasteiger partial charge on any atom is -0.423 e. The van der Waals surface area contributed by atoms with E-state index in [0.29, 0.717) is 28.9 Å². The molecule has 0 aliphatic carbocycles. The van der Waals surface area contributed by atoms with Crippen LogP contribution in [-0.4, -0.2) is 41.7 Å². The Morgan fingerprint density at radius 3 is 2.81 bits per heavy atom. The van der Waals surface area contributed by atoms with E-state index in [4.69, 9.17) is 21.4 Å². The molecule has 0 saturated heterocycles. The molecule has 7 nitrogen and oxygen atoms in total. The van der Waals surface area contributed by atoms with Crippen LogP contribution in [0.4, 0.5) is 4.39 Å². The lowest BCUT2D eigenvalue weighted by molar-refractivity contribution is 0.311. The lowest BCUT2D eigenvalue weighted by Crippen LogP contribution is -2.65. The van der Waals surface area contributed by atoms with Crippen LogP contribution >= 0.6 is 23.4 Å². The van der Waals surface area contributed by atoms with Gasteiger partial charge in [0, 0.05) is 23.1 Å². The predicted molar refractivity (Wildman–Crippen MR) is 122 cm³/mol. The Morgan fingerprint density at radius 1 is 1.28 bits per heavy atom. The summed E-state index contributed by atoms with van der Waals surface area (Å²) in [5.41, 5.74) is 2.14. The second-order valence-corrected chi connectivity index (χ2v) is 10.4. The standard InChI is InChI=1S/C22H20ClFN6OS/c1-11-26-9-15-16(28-11)8-21(2,29-19(15)25)22(3)18(23)7-17(32-22)12-4-13(6-14(24)5-12)20-30-27-10-31-20/h4-7,9-10,18H,8H2,1-3H3,(H2,25,29)/t18?,21-,22?/m0/s1. The first-order chi connectivity index (χ1) is 15.2. The monoisotopic (exact) mass is 470 g/mol. The first-order valence-corrected chi connectivity index (χ1v) is 11.3. The van der Waals surface area contributed by atoms with Gasteiger partial charge in [0.05, 0.1) is 26.9 Å². The van der Waals surface area contributed by atoms with Gasteiger partial charge in [-0.3, -0.25) is 5.41 Å². The second kappa shape index (κ2) is 7.38. The van der Waals surface area contributed by atoms with E-state index in [1.807, 2.05) is 19.1 Å². The van der Waals surface area contributed by atoms with Gasteiger partial charge in [0.1, 0.15) is 17.5 Å². The zero-order valence-electron chi connectivity index (χ0n) is 17.6. The number of fused-ring (bicyclic) bond motifs is 1. The van der Waals surface area contributed by atoms with Crippen molar-refractivity contribution in [1.29, 1.82) is 5.41 Å². The molecule has 0 fully saturated rings. The van der Waals surface area contributed by atoms with E-state index in [1.54, 1.807) is 18.0 Å². The number of hydrogen-bond acceptors (Lipinski definition) is 7. The fraction of sp³-hybridized carbons (Fsp3) is 0.318. The van der Waals surface area contributed by atoms with E-state index >= 15 is 0 Å². The smallest absolute Gasteiger partial charge is 0.247 e. The van der Waals surface area contributed by atoms with Crippen molar-refractivity contribution >= 4 is 34.1 Å². The van der Waals surface area contributed by atoms with Crippen LogP contribution in [0.15, 0.2) is 41.3 Å². The van der Waals surface area contributed by atoms with Gasteiger partial charge in [-0.15, -0.1) is 33.6 Å². The summed E-state index contributed by atoms with van der Waals surface area (Å²) in [6.45, 7) is 5.96. The number of benzene rings is 1. The van der Waals surface area contributed by atoms with Crippen LogP contribution in [0.2, 0.25) is 0 Å². The number of nitrogens with zero attached hydrogens (tertiary/aromatic N) is 4. The van der Waals surface area contributed by atoms with Gasteiger partial charge in [0.25, 0.3) is 0 Å². The van der Waals surface area contributed by atoms with Gasteiger partial charge in [0.15, 0.2) is 0 Å². The molecule has 2 N–H and O–H groups in total. The fourth-order valence-corrected chi connectivity index (χ4v) is 6.22. The number of alkyl halides is 1. The van der Waals surface area contributed by atoms with Gasteiger partial charge < -0.3 is 9.73 Å². The SMILES string of the molecule is Cc1ncc2c(n1)C[C@@](C)(C1(C)SC(c3cc(F)cc(-c4nnco4)c3)=CC1Cl)NC2=N. The van der Waals surface area contributed by atoms with Crippen LogP contribution in [0, 0.1) is 18.2 Å². The van der Waals surface area contributed by atoms with Gasteiger partial charge in [0.2, 0.25) is 12.3 Å². The third kappa shape index (κ3) is 3.31. The quantitative estimate of drug-likeness (QED) is 0.548. The number of halogens is 2. The summed E-state index contributed by atoms with van der Waals surface area (Å²) in [7, 11) is 0. The topological polar surface area (TPSA) is 101 Å². The molecule has 2 unspecified atom stereocenters.